The summed E-state index contributed by atoms with van der Waals surface area (Å²) in [7, 11) is -3.61. The number of fused-ring (bicyclic) bond motifs is 1. The number of carbonyl (C=O) groups is 3. The number of halogens is 2. The van der Waals surface area contributed by atoms with Crippen LogP contribution in [0.25, 0.3) is 0 Å². The first kappa shape index (κ1) is 36.8. The fraction of sp³-hybridized carbons (Fsp3) is 0.417. The van der Waals surface area contributed by atoms with E-state index in [2.05, 4.69) is 10.2 Å². The molecule has 0 unspecified atom stereocenters. The minimum atomic E-state index is -3.61. The SMILES string of the molecule is CCOC(=O)C(C)(C)c1cccc(CONC(=O)[C@@H]2c3ccccc3C(=O)N([C@H]3CCCC[C@@H]3NS(C)(=O)=O)[C@H]2c2ccc(Cl)cc2Cl)c1. The average Bonchev–Trinajstić information content (AvgIpc) is 3.05. The first-order chi connectivity index (χ1) is 23.2. The van der Waals surface area contributed by atoms with Crippen molar-refractivity contribution in [2.75, 3.05) is 12.9 Å². The fourth-order valence-corrected chi connectivity index (χ4v) is 8.21. The Balaban J connectivity index is 1.51. The Bertz CT molecular complexity index is 1830. The van der Waals surface area contributed by atoms with Crippen molar-refractivity contribution in [3.05, 3.63) is 105 Å². The highest BCUT2D eigenvalue weighted by Crippen LogP contribution is 2.48. The van der Waals surface area contributed by atoms with Crippen LogP contribution in [0.1, 0.15) is 91.0 Å². The molecule has 49 heavy (non-hydrogen) atoms. The van der Waals surface area contributed by atoms with Gasteiger partial charge in [0.15, 0.2) is 0 Å². The fourth-order valence-electron chi connectivity index (χ4n) is 6.86. The lowest BCUT2D eigenvalue weighted by Gasteiger charge is -2.49. The van der Waals surface area contributed by atoms with E-state index < -0.39 is 45.4 Å². The second kappa shape index (κ2) is 15.2. The molecular formula is C36H41Cl2N3O7S. The molecule has 1 aliphatic carbocycles. The summed E-state index contributed by atoms with van der Waals surface area (Å²) in [6, 6.07) is 17.0. The normalized spacial score (nSPS) is 21.2. The van der Waals surface area contributed by atoms with Gasteiger partial charge in [-0.25, -0.2) is 18.6 Å². The lowest BCUT2D eigenvalue weighted by atomic mass is 9.76. The molecule has 0 aromatic heterocycles. The van der Waals surface area contributed by atoms with Gasteiger partial charge < -0.3 is 9.64 Å². The van der Waals surface area contributed by atoms with Gasteiger partial charge in [-0.2, -0.15) is 0 Å². The maximum Gasteiger partial charge on any atom is 0.315 e. The van der Waals surface area contributed by atoms with E-state index in [0.29, 0.717) is 40.1 Å². The van der Waals surface area contributed by atoms with Crippen LogP contribution < -0.4 is 10.2 Å². The van der Waals surface area contributed by atoms with Crippen LogP contribution in [0.15, 0.2) is 66.7 Å². The maximum absolute atomic E-state index is 14.4. The van der Waals surface area contributed by atoms with Crippen molar-refractivity contribution in [3.8, 4) is 0 Å². The molecule has 0 spiro atoms. The number of nitrogens with zero attached hydrogens (tertiary/aromatic N) is 1. The van der Waals surface area contributed by atoms with Gasteiger partial charge in [0.05, 0.1) is 36.8 Å². The van der Waals surface area contributed by atoms with Crippen LogP contribution in [0.5, 0.6) is 0 Å². The zero-order valence-electron chi connectivity index (χ0n) is 27.9. The summed E-state index contributed by atoms with van der Waals surface area (Å²) in [6.45, 7) is 5.58. The Morgan fingerprint density at radius 2 is 1.71 bits per heavy atom. The van der Waals surface area contributed by atoms with Crippen LogP contribution in [0, 0.1) is 0 Å². The number of benzene rings is 3. The highest BCUT2D eigenvalue weighted by atomic mass is 35.5. The molecule has 1 saturated carbocycles. The molecule has 10 nitrogen and oxygen atoms in total. The second-order valence-corrected chi connectivity index (χ2v) is 15.7. The van der Waals surface area contributed by atoms with E-state index in [1.54, 1.807) is 74.2 Å². The zero-order chi connectivity index (χ0) is 35.5. The molecule has 0 radical (unpaired) electrons. The van der Waals surface area contributed by atoms with Crippen LogP contribution in [0.3, 0.4) is 0 Å². The van der Waals surface area contributed by atoms with Crippen LogP contribution >= 0.6 is 23.2 Å². The van der Waals surface area contributed by atoms with Gasteiger partial charge in [-0.15, -0.1) is 0 Å². The van der Waals surface area contributed by atoms with Gasteiger partial charge in [0, 0.05) is 27.7 Å². The molecule has 0 saturated heterocycles. The summed E-state index contributed by atoms with van der Waals surface area (Å²) in [5, 5.41) is 0.646. The molecule has 0 bridgehead atoms. The molecule has 2 N–H and O–H groups in total. The molecule has 5 rings (SSSR count). The molecule has 13 heteroatoms. The van der Waals surface area contributed by atoms with Gasteiger partial charge in [0.25, 0.3) is 11.8 Å². The largest absolute Gasteiger partial charge is 0.465 e. The van der Waals surface area contributed by atoms with Gasteiger partial charge in [-0.3, -0.25) is 19.2 Å². The number of carbonyl (C=O) groups excluding carboxylic acids is 3. The van der Waals surface area contributed by atoms with Crippen molar-refractivity contribution in [2.24, 2.45) is 0 Å². The Labute approximate surface area is 297 Å². The molecule has 2 amide bonds. The zero-order valence-corrected chi connectivity index (χ0v) is 30.2. The first-order valence-electron chi connectivity index (χ1n) is 16.2. The van der Waals surface area contributed by atoms with E-state index >= 15 is 0 Å². The van der Waals surface area contributed by atoms with E-state index in [4.69, 9.17) is 32.8 Å². The number of sulfonamides is 1. The van der Waals surface area contributed by atoms with Crippen molar-refractivity contribution < 1.29 is 32.4 Å². The molecule has 3 aromatic rings. The number of hydrogen-bond donors (Lipinski definition) is 2. The van der Waals surface area contributed by atoms with Gasteiger partial charge in [-0.05, 0) is 74.1 Å². The quantitative estimate of drug-likeness (QED) is 0.177. The van der Waals surface area contributed by atoms with Crippen molar-refractivity contribution in [1.82, 2.24) is 15.1 Å². The number of rotatable bonds is 11. The van der Waals surface area contributed by atoms with Crippen molar-refractivity contribution in [1.29, 1.82) is 0 Å². The monoisotopic (exact) mass is 729 g/mol. The van der Waals surface area contributed by atoms with Crippen LogP contribution in [0.4, 0.5) is 0 Å². The number of hydrogen-bond acceptors (Lipinski definition) is 7. The van der Waals surface area contributed by atoms with Gasteiger partial charge in [0.2, 0.25) is 10.0 Å². The molecule has 4 atom stereocenters. The van der Waals surface area contributed by atoms with E-state index in [1.165, 1.54) is 0 Å². The predicted molar refractivity (Wildman–Crippen MR) is 188 cm³/mol. The van der Waals surface area contributed by atoms with Gasteiger partial charge in [-0.1, -0.05) is 84.6 Å². The van der Waals surface area contributed by atoms with E-state index in [0.717, 1.165) is 24.7 Å². The third-order valence-electron chi connectivity index (χ3n) is 9.24. The number of nitrogens with one attached hydrogen (secondary N) is 2. The smallest absolute Gasteiger partial charge is 0.315 e. The summed E-state index contributed by atoms with van der Waals surface area (Å²) < 4.78 is 32.9. The first-order valence-corrected chi connectivity index (χ1v) is 18.9. The molecule has 2 aliphatic rings. The average molecular weight is 731 g/mol. The highest BCUT2D eigenvalue weighted by molar-refractivity contribution is 7.88. The number of amides is 2. The minimum absolute atomic E-state index is 0.00908. The topological polar surface area (TPSA) is 131 Å². The number of ether oxygens (including phenoxy) is 1. The summed E-state index contributed by atoms with van der Waals surface area (Å²) in [4.78, 5) is 48.8. The van der Waals surface area contributed by atoms with E-state index in [9.17, 15) is 22.8 Å². The van der Waals surface area contributed by atoms with Crippen molar-refractivity contribution in [2.45, 2.75) is 82.5 Å². The summed E-state index contributed by atoms with van der Waals surface area (Å²) >= 11 is 13.1. The third kappa shape index (κ3) is 8.13. The molecule has 1 heterocycles. The molecule has 262 valence electrons. The molecule has 1 aliphatic heterocycles. The van der Waals surface area contributed by atoms with Crippen molar-refractivity contribution >= 4 is 51.0 Å². The van der Waals surface area contributed by atoms with Gasteiger partial charge >= 0.3 is 5.97 Å². The van der Waals surface area contributed by atoms with Crippen LogP contribution in [-0.2, 0) is 41.2 Å². The molecule has 1 fully saturated rings. The number of esters is 1. The minimum Gasteiger partial charge on any atom is -0.465 e. The Kier molecular flexibility index (Phi) is 11.4. The van der Waals surface area contributed by atoms with E-state index in [-0.39, 0.29) is 30.1 Å². The van der Waals surface area contributed by atoms with E-state index in [1.807, 2.05) is 18.2 Å². The lowest BCUT2D eigenvalue weighted by Crippen LogP contribution is -2.59. The Hall–Kier alpha value is -3.48. The maximum atomic E-state index is 14.4. The van der Waals surface area contributed by atoms with Gasteiger partial charge in [0.1, 0.15) is 0 Å². The molecule has 3 aromatic carbocycles. The summed E-state index contributed by atoms with van der Waals surface area (Å²) in [6.07, 6.45) is 3.69. The number of hydroxylamine groups is 1. The van der Waals surface area contributed by atoms with Crippen LogP contribution in [0.2, 0.25) is 10.0 Å². The van der Waals surface area contributed by atoms with Crippen molar-refractivity contribution in [3.63, 3.8) is 0 Å². The highest BCUT2D eigenvalue weighted by Gasteiger charge is 2.49. The second-order valence-electron chi connectivity index (χ2n) is 13.0. The lowest BCUT2D eigenvalue weighted by molar-refractivity contribution is -0.148. The third-order valence-corrected chi connectivity index (χ3v) is 10.5. The Morgan fingerprint density at radius 3 is 2.43 bits per heavy atom. The summed E-state index contributed by atoms with van der Waals surface area (Å²) in [5.41, 5.74) is 4.48. The Morgan fingerprint density at radius 1 is 0.980 bits per heavy atom. The van der Waals surface area contributed by atoms with Crippen LogP contribution in [-0.4, -0.2) is 56.0 Å². The standard InChI is InChI=1S/C36H41Cl2N3O7S/c1-5-47-35(44)36(2,3)23-12-10-11-22(19-23)21-48-39-33(42)31-25-13-6-7-14-26(25)34(43)41(32(31)27-18-17-24(37)20-28(27)38)30-16-9-8-15-29(30)40-49(4,45)46/h6-7,10-14,17-20,29-32,40H,5,8-9,15-16,21H2,1-4H3,(H,39,42)/t29-,30-,31+,32-/m0/s1. The molecular weight excluding hydrogens is 689 g/mol. The predicted octanol–water partition coefficient (Wildman–Crippen LogP) is 6.22. The summed E-state index contributed by atoms with van der Waals surface area (Å²) in [5.74, 6) is -2.19.